The molecule has 0 saturated carbocycles. The average molecular weight is 320 g/mol. The molecule has 0 radical (unpaired) electrons. The first-order chi connectivity index (χ1) is 10.5. The maximum Gasteiger partial charge on any atom is 0.509 e. The van der Waals surface area contributed by atoms with E-state index in [1.165, 1.54) is 30.5 Å². The molecule has 1 atom stereocenters. The highest BCUT2D eigenvalue weighted by Gasteiger charge is 2.26. The van der Waals surface area contributed by atoms with Crippen LogP contribution in [-0.4, -0.2) is 25.7 Å². The van der Waals surface area contributed by atoms with Crippen LogP contribution in [0.4, 0.5) is 4.79 Å². The summed E-state index contributed by atoms with van der Waals surface area (Å²) in [5, 5.41) is 9.11. The first-order valence-electron chi connectivity index (χ1n) is 6.13. The van der Waals surface area contributed by atoms with Crippen molar-refractivity contribution in [3.63, 3.8) is 0 Å². The Hall–Kier alpha value is -2.79. The fourth-order valence-electron chi connectivity index (χ4n) is 1.80. The molecule has 0 fully saturated rings. The lowest BCUT2D eigenvalue weighted by atomic mass is 10.3. The molecule has 0 amide bonds. The maximum atomic E-state index is 12.6. The zero-order chi connectivity index (χ0) is 16.2. The van der Waals surface area contributed by atoms with Gasteiger partial charge >= 0.3 is 6.16 Å². The Bertz CT molecular complexity index is 805. The van der Waals surface area contributed by atoms with Crippen LogP contribution in [0.15, 0.2) is 53.6 Å². The molecule has 8 heteroatoms. The minimum absolute atomic E-state index is 0.0109. The smallest absolute Gasteiger partial charge is 0.438 e. The minimum Gasteiger partial charge on any atom is -0.438 e. The van der Waals surface area contributed by atoms with Gasteiger partial charge in [-0.1, -0.05) is 18.2 Å². The summed E-state index contributed by atoms with van der Waals surface area (Å²) in [6, 6.07) is 12.3. The predicted molar refractivity (Wildman–Crippen MR) is 75.3 cm³/mol. The molecule has 0 aliphatic heterocycles. The van der Waals surface area contributed by atoms with Crippen LogP contribution < -0.4 is 0 Å². The Balaban J connectivity index is 2.46. The molecule has 0 saturated heterocycles. The van der Waals surface area contributed by atoms with E-state index in [2.05, 4.69) is 4.74 Å². The largest absolute Gasteiger partial charge is 0.509 e. The van der Waals surface area contributed by atoms with Crippen molar-refractivity contribution in [1.82, 2.24) is 3.97 Å². The zero-order valence-electron chi connectivity index (χ0n) is 11.5. The van der Waals surface area contributed by atoms with Crippen molar-refractivity contribution in [3.8, 4) is 6.07 Å². The first kappa shape index (κ1) is 15.6. The summed E-state index contributed by atoms with van der Waals surface area (Å²) in [6.07, 6.45) is -1.19. The number of benzene rings is 1. The number of nitrogens with zero attached hydrogens (tertiary/aromatic N) is 2. The fourth-order valence-corrected chi connectivity index (χ4v) is 3.20. The summed E-state index contributed by atoms with van der Waals surface area (Å²) in [7, 11) is -2.80. The summed E-state index contributed by atoms with van der Waals surface area (Å²) >= 11 is 0. The molecule has 2 aromatic rings. The normalized spacial score (nSPS) is 12.2. The second-order valence-electron chi connectivity index (χ2n) is 4.13. The highest BCUT2D eigenvalue weighted by Crippen LogP contribution is 2.23. The third kappa shape index (κ3) is 2.94. The van der Waals surface area contributed by atoms with E-state index in [0.717, 1.165) is 11.1 Å². The van der Waals surface area contributed by atoms with E-state index < -0.39 is 22.3 Å². The molecule has 0 bridgehead atoms. The van der Waals surface area contributed by atoms with Gasteiger partial charge in [0.25, 0.3) is 10.0 Å². The second-order valence-corrected chi connectivity index (χ2v) is 5.94. The Morgan fingerprint density at radius 1 is 1.23 bits per heavy atom. The van der Waals surface area contributed by atoms with Crippen LogP contribution in [0, 0.1) is 11.3 Å². The van der Waals surface area contributed by atoms with Crippen LogP contribution in [0.5, 0.6) is 0 Å². The SMILES string of the molecule is COC(=O)O[C@@H](C#N)c1cccn1S(=O)(=O)c1ccccc1. The van der Waals surface area contributed by atoms with E-state index in [1.54, 1.807) is 24.3 Å². The molecule has 1 heterocycles. The molecule has 22 heavy (non-hydrogen) atoms. The van der Waals surface area contributed by atoms with Crippen LogP contribution in [-0.2, 0) is 19.5 Å². The van der Waals surface area contributed by atoms with Gasteiger partial charge in [-0.2, -0.15) is 5.26 Å². The van der Waals surface area contributed by atoms with E-state index in [1.807, 2.05) is 0 Å². The van der Waals surface area contributed by atoms with Gasteiger partial charge in [0.2, 0.25) is 6.10 Å². The molecule has 7 nitrogen and oxygen atoms in total. The molecule has 0 N–H and O–H groups in total. The number of carbonyl (C=O) groups is 1. The van der Waals surface area contributed by atoms with Crippen LogP contribution in [0.1, 0.15) is 11.8 Å². The van der Waals surface area contributed by atoms with Crippen LogP contribution >= 0.6 is 0 Å². The van der Waals surface area contributed by atoms with Gasteiger partial charge < -0.3 is 9.47 Å². The van der Waals surface area contributed by atoms with E-state index in [-0.39, 0.29) is 10.6 Å². The summed E-state index contributed by atoms with van der Waals surface area (Å²) in [5.74, 6) is 0. The van der Waals surface area contributed by atoms with Gasteiger partial charge in [-0.15, -0.1) is 0 Å². The van der Waals surface area contributed by atoms with E-state index in [4.69, 9.17) is 10.00 Å². The number of aromatic nitrogens is 1. The van der Waals surface area contributed by atoms with Crippen molar-refractivity contribution in [3.05, 3.63) is 54.4 Å². The third-order valence-electron chi connectivity index (χ3n) is 2.81. The molecular formula is C14H12N2O5S. The number of ether oxygens (including phenoxy) is 2. The molecule has 1 aromatic carbocycles. The van der Waals surface area contributed by atoms with Crippen molar-refractivity contribution < 1.29 is 22.7 Å². The summed E-state index contributed by atoms with van der Waals surface area (Å²) in [6.45, 7) is 0. The lowest BCUT2D eigenvalue weighted by molar-refractivity contribution is 0.0529. The van der Waals surface area contributed by atoms with Gasteiger partial charge in [-0.25, -0.2) is 17.2 Å². The number of methoxy groups -OCH3 is 1. The van der Waals surface area contributed by atoms with Gasteiger partial charge in [-0.3, -0.25) is 0 Å². The predicted octanol–water partition coefficient (Wildman–Crippen LogP) is 2.07. The molecule has 0 aliphatic rings. The topological polar surface area (TPSA) is 98.4 Å². The number of rotatable bonds is 4. The van der Waals surface area contributed by atoms with Crippen molar-refractivity contribution in [2.45, 2.75) is 11.0 Å². The Labute approximate surface area is 127 Å². The lowest BCUT2D eigenvalue weighted by Gasteiger charge is -2.14. The van der Waals surface area contributed by atoms with Crippen molar-refractivity contribution >= 4 is 16.2 Å². The quantitative estimate of drug-likeness (QED) is 0.800. The van der Waals surface area contributed by atoms with Crippen LogP contribution in [0.25, 0.3) is 0 Å². The number of hydrogen-bond acceptors (Lipinski definition) is 6. The van der Waals surface area contributed by atoms with Crippen molar-refractivity contribution in [2.75, 3.05) is 7.11 Å². The average Bonchev–Trinajstić information content (AvgIpc) is 3.03. The first-order valence-corrected chi connectivity index (χ1v) is 7.57. The van der Waals surface area contributed by atoms with Crippen molar-refractivity contribution in [2.24, 2.45) is 0 Å². The van der Waals surface area contributed by atoms with E-state index in [0.29, 0.717) is 0 Å². The van der Waals surface area contributed by atoms with Crippen LogP contribution in [0.3, 0.4) is 0 Å². The monoisotopic (exact) mass is 320 g/mol. The minimum atomic E-state index is -3.89. The van der Waals surface area contributed by atoms with E-state index in [9.17, 15) is 13.2 Å². The van der Waals surface area contributed by atoms with Gasteiger partial charge in [0.05, 0.1) is 17.7 Å². The van der Waals surface area contributed by atoms with E-state index >= 15 is 0 Å². The van der Waals surface area contributed by atoms with Gasteiger partial charge in [0, 0.05) is 6.20 Å². The number of nitriles is 1. The standard InChI is InChI=1S/C14H12N2O5S/c1-20-14(17)21-13(10-15)12-8-5-9-16(12)22(18,19)11-6-3-2-4-7-11/h2-9,13H,1H3/t13-/m0/s1. The lowest BCUT2D eigenvalue weighted by Crippen LogP contribution is -2.19. The Morgan fingerprint density at radius 3 is 2.50 bits per heavy atom. The summed E-state index contributed by atoms with van der Waals surface area (Å²) in [4.78, 5) is 11.2. The molecule has 1 aromatic heterocycles. The molecule has 0 spiro atoms. The number of carbonyl (C=O) groups excluding carboxylic acids is 1. The summed E-state index contributed by atoms with van der Waals surface area (Å²) < 4.78 is 35.1. The molecule has 114 valence electrons. The van der Waals surface area contributed by atoms with Gasteiger partial charge in [0.1, 0.15) is 6.07 Å². The Kier molecular flexibility index (Phi) is 4.48. The highest BCUT2D eigenvalue weighted by molar-refractivity contribution is 7.90. The Morgan fingerprint density at radius 2 is 1.91 bits per heavy atom. The molecular weight excluding hydrogens is 308 g/mol. The number of hydrogen-bond donors (Lipinski definition) is 0. The molecule has 0 unspecified atom stereocenters. The second kappa shape index (κ2) is 6.32. The summed E-state index contributed by atoms with van der Waals surface area (Å²) in [5.41, 5.74) is 0.0109. The fraction of sp³-hybridized carbons (Fsp3) is 0.143. The molecule has 2 rings (SSSR count). The maximum absolute atomic E-state index is 12.6. The van der Waals surface area contributed by atoms with Crippen molar-refractivity contribution in [1.29, 1.82) is 5.26 Å². The zero-order valence-corrected chi connectivity index (χ0v) is 12.4. The van der Waals surface area contributed by atoms with Gasteiger partial charge in [0.15, 0.2) is 0 Å². The third-order valence-corrected chi connectivity index (χ3v) is 4.53. The van der Waals surface area contributed by atoms with Crippen LogP contribution in [0.2, 0.25) is 0 Å². The molecule has 0 aliphatic carbocycles. The highest BCUT2D eigenvalue weighted by atomic mass is 32.2. The van der Waals surface area contributed by atoms with Gasteiger partial charge in [-0.05, 0) is 24.3 Å².